The summed E-state index contributed by atoms with van der Waals surface area (Å²) in [7, 11) is 0. The van der Waals surface area contributed by atoms with Gasteiger partial charge in [-0.3, -0.25) is 4.79 Å². The molecule has 2 fully saturated rings. The Labute approximate surface area is 53.6 Å². The fourth-order valence-corrected chi connectivity index (χ4v) is 1.35. The van der Waals surface area contributed by atoms with Crippen LogP contribution < -0.4 is 0 Å². The van der Waals surface area contributed by atoms with E-state index in [-0.39, 0.29) is 18.2 Å². The molecule has 2 saturated heterocycles. The SMILES string of the molecule is CC1CN2C(=O)C[C@@H]2O1. The fourth-order valence-electron chi connectivity index (χ4n) is 1.35. The number of hydrogen-bond donors (Lipinski definition) is 0. The van der Waals surface area contributed by atoms with Crippen molar-refractivity contribution in [3.63, 3.8) is 0 Å². The van der Waals surface area contributed by atoms with Gasteiger partial charge in [-0.15, -0.1) is 0 Å². The molecule has 0 N–H and O–H groups in total. The Bertz CT molecular complexity index is 157. The Morgan fingerprint density at radius 1 is 1.78 bits per heavy atom. The van der Waals surface area contributed by atoms with E-state index in [4.69, 9.17) is 4.74 Å². The lowest BCUT2D eigenvalue weighted by atomic mass is 10.2. The molecule has 2 aliphatic heterocycles. The molecule has 0 aromatic heterocycles. The number of amides is 1. The van der Waals surface area contributed by atoms with Crippen molar-refractivity contribution in [3.05, 3.63) is 0 Å². The lowest BCUT2D eigenvalue weighted by Crippen LogP contribution is -2.48. The first-order chi connectivity index (χ1) is 4.27. The van der Waals surface area contributed by atoms with Crippen LogP contribution in [0.4, 0.5) is 0 Å². The third-order valence-corrected chi connectivity index (χ3v) is 1.86. The number of carbonyl (C=O) groups is 1. The monoisotopic (exact) mass is 127 g/mol. The molecule has 50 valence electrons. The molecule has 3 heteroatoms. The number of fused-ring (bicyclic) bond motifs is 1. The third kappa shape index (κ3) is 0.580. The zero-order valence-corrected chi connectivity index (χ0v) is 5.33. The van der Waals surface area contributed by atoms with Gasteiger partial charge in [0.25, 0.3) is 0 Å². The van der Waals surface area contributed by atoms with E-state index in [1.54, 1.807) is 4.90 Å². The molecule has 3 nitrogen and oxygen atoms in total. The Kier molecular flexibility index (Phi) is 0.858. The number of β-lactam (4-membered cyclic amide) rings is 1. The van der Waals surface area contributed by atoms with Gasteiger partial charge in [-0.25, -0.2) is 0 Å². The van der Waals surface area contributed by atoms with Crippen molar-refractivity contribution >= 4 is 5.91 Å². The predicted molar refractivity (Wildman–Crippen MR) is 30.7 cm³/mol. The number of rotatable bonds is 0. The smallest absolute Gasteiger partial charge is 0.229 e. The van der Waals surface area contributed by atoms with Crippen LogP contribution in [0.15, 0.2) is 0 Å². The predicted octanol–water partition coefficient (Wildman–Crippen LogP) is -0.0365. The topological polar surface area (TPSA) is 29.5 Å². The number of ether oxygens (including phenoxy) is 1. The largest absolute Gasteiger partial charge is 0.353 e. The van der Waals surface area contributed by atoms with Crippen molar-refractivity contribution in [2.75, 3.05) is 6.54 Å². The van der Waals surface area contributed by atoms with Crippen LogP contribution in [-0.2, 0) is 9.53 Å². The first-order valence-corrected chi connectivity index (χ1v) is 3.22. The molecule has 2 atom stereocenters. The second-order valence-electron chi connectivity index (χ2n) is 2.65. The molecule has 0 saturated carbocycles. The Morgan fingerprint density at radius 2 is 2.56 bits per heavy atom. The molecule has 9 heavy (non-hydrogen) atoms. The molecule has 2 rings (SSSR count). The van der Waals surface area contributed by atoms with Crippen molar-refractivity contribution in [1.82, 2.24) is 4.90 Å². The van der Waals surface area contributed by atoms with Gasteiger partial charge in [0.05, 0.1) is 12.5 Å². The van der Waals surface area contributed by atoms with Crippen molar-refractivity contribution in [2.45, 2.75) is 25.7 Å². The van der Waals surface area contributed by atoms with E-state index in [0.717, 1.165) is 6.54 Å². The average Bonchev–Trinajstić information content (AvgIpc) is 2.08. The molecule has 0 spiro atoms. The normalized spacial score (nSPS) is 40.6. The van der Waals surface area contributed by atoms with Crippen LogP contribution in [-0.4, -0.2) is 29.7 Å². The van der Waals surface area contributed by atoms with Crippen molar-refractivity contribution < 1.29 is 9.53 Å². The van der Waals surface area contributed by atoms with E-state index in [9.17, 15) is 4.79 Å². The third-order valence-electron chi connectivity index (χ3n) is 1.86. The lowest BCUT2D eigenvalue weighted by Gasteiger charge is -2.31. The van der Waals surface area contributed by atoms with Gasteiger partial charge in [0.1, 0.15) is 6.23 Å². The van der Waals surface area contributed by atoms with E-state index in [1.165, 1.54) is 0 Å². The minimum absolute atomic E-state index is 0.132. The van der Waals surface area contributed by atoms with Crippen molar-refractivity contribution in [3.8, 4) is 0 Å². The summed E-state index contributed by atoms with van der Waals surface area (Å²) < 4.78 is 5.34. The molecule has 1 amide bonds. The number of carbonyl (C=O) groups excluding carboxylic acids is 1. The molecule has 1 unspecified atom stereocenters. The summed E-state index contributed by atoms with van der Waals surface area (Å²) in [5.74, 6) is 0.240. The van der Waals surface area contributed by atoms with Gasteiger partial charge in [0.2, 0.25) is 5.91 Å². The highest BCUT2D eigenvalue weighted by molar-refractivity contribution is 5.82. The molecular weight excluding hydrogens is 118 g/mol. The minimum atomic E-state index is 0.132. The van der Waals surface area contributed by atoms with E-state index in [2.05, 4.69) is 0 Å². The second-order valence-corrected chi connectivity index (χ2v) is 2.65. The zero-order valence-electron chi connectivity index (χ0n) is 5.33. The molecule has 0 aromatic rings. The average molecular weight is 127 g/mol. The molecule has 2 aliphatic rings. The van der Waals surface area contributed by atoms with Crippen LogP contribution in [0.3, 0.4) is 0 Å². The van der Waals surface area contributed by atoms with Crippen LogP contribution in [0.25, 0.3) is 0 Å². The molecule has 2 heterocycles. The minimum Gasteiger partial charge on any atom is -0.353 e. The second kappa shape index (κ2) is 1.48. The fraction of sp³-hybridized carbons (Fsp3) is 0.833. The zero-order chi connectivity index (χ0) is 6.43. The van der Waals surface area contributed by atoms with Gasteiger partial charge >= 0.3 is 0 Å². The van der Waals surface area contributed by atoms with Crippen LogP contribution in [0.5, 0.6) is 0 Å². The number of nitrogens with zero attached hydrogens (tertiary/aromatic N) is 1. The first kappa shape index (κ1) is 5.23. The molecule has 0 aliphatic carbocycles. The van der Waals surface area contributed by atoms with E-state index >= 15 is 0 Å². The Morgan fingerprint density at radius 3 is 3.00 bits per heavy atom. The molecule has 0 aromatic carbocycles. The van der Waals surface area contributed by atoms with Crippen LogP contribution in [0, 0.1) is 0 Å². The summed E-state index contributed by atoms with van der Waals surface area (Å²) in [6.45, 7) is 2.79. The van der Waals surface area contributed by atoms with Crippen LogP contribution in [0.2, 0.25) is 0 Å². The lowest BCUT2D eigenvalue weighted by molar-refractivity contribution is -0.156. The highest BCUT2D eigenvalue weighted by Gasteiger charge is 2.43. The maximum atomic E-state index is 10.7. The molecule has 0 radical (unpaired) electrons. The van der Waals surface area contributed by atoms with E-state index < -0.39 is 0 Å². The van der Waals surface area contributed by atoms with E-state index in [0.29, 0.717) is 6.42 Å². The van der Waals surface area contributed by atoms with Crippen LogP contribution in [0.1, 0.15) is 13.3 Å². The molecular formula is C6H9NO2. The Balaban J connectivity index is 2.08. The number of hydrogen-bond acceptors (Lipinski definition) is 2. The standard InChI is InChI=1S/C6H9NO2/c1-4-3-7-5(8)2-6(7)9-4/h4,6H,2-3H2,1H3/t4?,6-/m0/s1. The summed E-state index contributed by atoms with van der Waals surface area (Å²) >= 11 is 0. The maximum absolute atomic E-state index is 10.7. The summed E-state index contributed by atoms with van der Waals surface area (Å²) in [4.78, 5) is 12.5. The van der Waals surface area contributed by atoms with Gasteiger partial charge < -0.3 is 9.64 Å². The molecule has 0 bridgehead atoms. The Hall–Kier alpha value is -0.570. The van der Waals surface area contributed by atoms with Crippen molar-refractivity contribution in [2.24, 2.45) is 0 Å². The maximum Gasteiger partial charge on any atom is 0.229 e. The summed E-state index contributed by atoms with van der Waals surface area (Å²) in [6, 6.07) is 0. The van der Waals surface area contributed by atoms with Gasteiger partial charge in [-0.2, -0.15) is 0 Å². The van der Waals surface area contributed by atoms with E-state index in [1.807, 2.05) is 6.92 Å². The van der Waals surface area contributed by atoms with Crippen molar-refractivity contribution in [1.29, 1.82) is 0 Å². The van der Waals surface area contributed by atoms with Gasteiger partial charge in [-0.1, -0.05) is 0 Å². The van der Waals surface area contributed by atoms with Gasteiger partial charge in [-0.05, 0) is 6.92 Å². The summed E-state index contributed by atoms with van der Waals surface area (Å²) in [5.41, 5.74) is 0. The summed E-state index contributed by atoms with van der Waals surface area (Å²) in [6.07, 6.45) is 0.985. The highest BCUT2D eigenvalue weighted by atomic mass is 16.5. The van der Waals surface area contributed by atoms with Gasteiger partial charge in [0.15, 0.2) is 0 Å². The summed E-state index contributed by atoms with van der Waals surface area (Å²) in [5, 5.41) is 0. The van der Waals surface area contributed by atoms with Crippen LogP contribution >= 0.6 is 0 Å². The quantitative estimate of drug-likeness (QED) is 0.427. The van der Waals surface area contributed by atoms with Gasteiger partial charge in [0, 0.05) is 6.54 Å². The highest BCUT2D eigenvalue weighted by Crippen LogP contribution is 2.27. The first-order valence-electron chi connectivity index (χ1n) is 3.22.